The number of piperidine rings is 1. The lowest BCUT2D eigenvalue weighted by Crippen LogP contribution is -2.42. The highest BCUT2D eigenvalue weighted by Crippen LogP contribution is 2.28. The summed E-state index contributed by atoms with van der Waals surface area (Å²) in [5.74, 6) is -3.17. The molecular weight excluding hydrogens is 354 g/mol. The predicted molar refractivity (Wildman–Crippen MR) is 86.1 cm³/mol. The van der Waals surface area contributed by atoms with E-state index in [9.17, 15) is 22.0 Å². The van der Waals surface area contributed by atoms with Gasteiger partial charge < -0.3 is 9.64 Å². The molecule has 2 saturated heterocycles. The van der Waals surface area contributed by atoms with Gasteiger partial charge in [0.2, 0.25) is 10.0 Å². The highest BCUT2D eigenvalue weighted by molar-refractivity contribution is 7.89. The summed E-state index contributed by atoms with van der Waals surface area (Å²) in [4.78, 5) is 13.8. The third-order valence-electron chi connectivity index (χ3n) is 4.42. The topological polar surface area (TPSA) is 75.7 Å². The molecule has 0 saturated carbocycles. The summed E-state index contributed by atoms with van der Waals surface area (Å²) in [7, 11) is -3.77. The Morgan fingerprint density at radius 3 is 2.64 bits per heavy atom. The number of rotatable bonds is 4. The first kappa shape index (κ1) is 18.2. The summed E-state index contributed by atoms with van der Waals surface area (Å²) in [5.41, 5.74) is 0.177. The molecule has 0 spiro atoms. The summed E-state index contributed by atoms with van der Waals surface area (Å²) in [6, 6.07) is 5.37. The summed E-state index contributed by atoms with van der Waals surface area (Å²) in [5, 5.41) is 0. The van der Waals surface area contributed by atoms with Gasteiger partial charge in [-0.15, -0.1) is 0 Å². The fourth-order valence-corrected chi connectivity index (χ4v) is 4.23. The van der Waals surface area contributed by atoms with Gasteiger partial charge in [-0.05, 0) is 24.6 Å². The average molecular weight is 374 g/mol. The number of nitrogens with one attached hydrogen (secondary N) is 1. The molecule has 1 aromatic carbocycles. The number of nitrogens with zero attached hydrogens (tertiary/aromatic N) is 1. The van der Waals surface area contributed by atoms with Crippen molar-refractivity contribution in [3.63, 3.8) is 0 Å². The molecule has 1 atom stereocenters. The molecule has 2 aliphatic heterocycles. The molecule has 2 heterocycles. The summed E-state index contributed by atoms with van der Waals surface area (Å²) in [6.45, 7) is 0.742. The van der Waals surface area contributed by atoms with Gasteiger partial charge in [-0.1, -0.05) is 6.07 Å². The van der Waals surface area contributed by atoms with E-state index in [0.717, 1.165) is 0 Å². The van der Waals surface area contributed by atoms with Crippen molar-refractivity contribution < 1.29 is 26.7 Å². The number of alkyl halides is 2. The lowest BCUT2D eigenvalue weighted by atomic mass is 10.1. The highest BCUT2D eigenvalue weighted by Gasteiger charge is 2.36. The molecule has 0 radical (unpaired) electrons. The maximum absolute atomic E-state index is 13.2. The Hall–Kier alpha value is -1.58. The fourth-order valence-electron chi connectivity index (χ4n) is 2.93. The van der Waals surface area contributed by atoms with Crippen LogP contribution in [0.25, 0.3) is 0 Å². The van der Waals surface area contributed by atoms with Crippen LogP contribution in [-0.2, 0) is 14.8 Å². The van der Waals surface area contributed by atoms with Gasteiger partial charge in [-0.2, -0.15) is 0 Å². The largest absolute Gasteiger partial charge is 0.380 e. The molecule has 0 aliphatic carbocycles. The van der Waals surface area contributed by atoms with E-state index in [4.69, 9.17) is 4.74 Å². The van der Waals surface area contributed by atoms with Crippen LogP contribution in [0, 0.1) is 0 Å². The van der Waals surface area contributed by atoms with Gasteiger partial charge in [0.15, 0.2) is 0 Å². The van der Waals surface area contributed by atoms with Crippen molar-refractivity contribution in [3.05, 3.63) is 29.8 Å². The quantitative estimate of drug-likeness (QED) is 0.869. The first-order chi connectivity index (χ1) is 11.8. The third kappa shape index (κ3) is 4.34. The number of hydrogen-bond acceptors (Lipinski definition) is 4. The third-order valence-corrected chi connectivity index (χ3v) is 5.94. The van der Waals surface area contributed by atoms with Crippen molar-refractivity contribution >= 4 is 15.9 Å². The van der Waals surface area contributed by atoms with E-state index in [1.54, 1.807) is 0 Å². The van der Waals surface area contributed by atoms with Gasteiger partial charge in [-0.3, -0.25) is 4.79 Å². The highest BCUT2D eigenvalue weighted by atomic mass is 32.2. The van der Waals surface area contributed by atoms with Crippen molar-refractivity contribution in [1.82, 2.24) is 9.62 Å². The van der Waals surface area contributed by atoms with Crippen LogP contribution in [0.4, 0.5) is 8.78 Å². The van der Waals surface area contributed by atoms with Gasteiger partial charge in [0, 0.05) is 44.1 Å². The van der Waals surface area contributed by atoms with E-state index in [-0.39, 0.29) is 42.4 Å². The Bertz CT molecular complexity index is 738. The van der Waals surface area contributed by atoms with Gasteiger partial charge in [0.05, 0.1) is 11.5 Å². The zero-order chi connectivity index (χ0) is 18.1. The zero-order valence-corrected chi connectivity index (χ0v) is 14.4. The first-order valence-electron chi connectivity index (χ1n) is 8.14. The number of amides is 1. The van der Waals surface area contributed by atoms with Crippen molar-refractivity contribution in [2.24, 2.45) is 0 Å². The van der Waals surface area contributed by atoms with E-state index in [1.165, 1.54) is 29.2 Å². The lowest BCUT2D eigenvalue weighted by Gasteiger charge is -2.31. The van der Waals surface area contributed by atoms with Crippen LogP contribution in [0.15, 0.2) is 29.2 Å². The summed E-state index contributed by atoms with van der Waals surface area (Å²) < 4.78 is 59.0. The number of carbonyl (C=O) groups is 1. The Morgan fingerprint density at radius 1 is 1.28 bits per heavy atom. The average Bonchev–Trinajstić information content (AvgIpc) is 3.06. The van der Waals surface area contributed by atoms with Crippen molar-refractivity contribution in [3.8, 4) is 0 Å². The standard InChI is InChI=1S/C16H20F2N2O4S/c17-16(18)5-7-20(8-6-16)15(21)12-2-1-3-14(10-12)25(22,23)19-13-4-9-24-11-13/h1-3,10,13,19H,4-9,11H2/t13-/m1/s1. The minimum Gasteiger partial charge on any atom is -0.380 e. The van der Waals surface area contributed by atoms with Crippen LogP contribution in [0.2, 0.25) is 0 Å². The monoisotopic (exact) mass is 374 g/mol. The molecule has 9 heteroatoms. The van der Waals surface area contributed by atoms with Crippen molar-refractivity contribution in [2.75, 3.05) is 26.3 Å². The molecule has 138 valence electrons. The van der Waals surface area contributed by atoms with Crippen LogP contribution in [0.5, 0.6) is 0 Å². The number of halogens is 2. The number of likely N-dealkylation sites (tertiary alicyclic amines) is 1. The number of carbonyl (C=O) groups excluding carboxylic acids is 1. The molecular formula is C16H20F2N2O4S. The summed E-state index contributed by atoms with van der Waals surface area (Å²) >= 11 is 0. The maximum atomic E-state index is 13.2. The molecule has 0 unspecified atom stereocenters. The smallest absolute Gasteiger partial charge is 0.253 e. The second-order valence-corrected chi connectivity index (χ2v) is 8.07. The van der Waals surface area contributed by atoms with E-state index >= 15 is 0 Å². The minimum atomic E-state index is -3.77. The van der Waals surface area contributed by atoms with Gasteiger partial charge in [0.25, 0.3) is 11.8 Å². The zero-order valence-electron chi connectivity index (χ0n) is 13.6. The maximum Gasteiger partial charge on any atom is 0.253 e. The molecule has 1 aromatic rings. The molecule has 2 fully saturated rings. The lowest BCUT2D eigenvalue weighted by molar-refractivity contribution is -0.0494. The molecule has 2 aliphatic rings. The summed E-state index contributed by atoms with van der Waals surface area (Å²) in [6.07, 6.45) is -0.153. The SMILES string of the molecule is O=C(c1cccc(S(=O)(=O)N[C@@H]2CCOC2)c1)N1CCC(F)(F)CC1. The second kappa shape index (κ2) is 6.97. The number of hydrogen-bond donors (Lipinski definition) is 1. The van der Waals surface area contributed by atoms with Crippen molar-refractivity contribution in [1.29, 1.82) is 0 Å². The van der Waals surface area contributed by atoms with Gasteiger partial charge in [0.1, 0.15) is 0 Å². The fraction of sp³-hybridized carbons (Fsp3) is 0.562. The van der Waals surface area contributed by atoms with Crippen LogP contribution >= 0.6 is 0 Å². The van der Waals surface area contributed by atoms with Crippen LogP contribution < -0.4 is 4.72 Å². The molecule has 1 N–H and O–H groups in total. The molecule has 6 nitrogen and oxygen atoms in total. The normalized spacial score (nSPS) is 23.6. The van der Waals surface area contributed by atoms with E-state index in [2.05, 4.69) is 4.72 Å². The van der Waals surface area contributed by atoms with Crippen molar-refractivity contribution in [2.45, 2.75) is 36.1 Å². The molecule has 0 bridgehead atoms. The van der Waals surface area contributed by atoms with E-state index in [0.29, 0.717) is 19.6 Å². The molecule has 3 rings (SSSR count). The second-order valence-electron chi connectivity index (χ2n) is 6.36. The number of sulfonamides is 1. The number of benzene rings is 1. The number of ether oxygens (including phenoxy) is 1. The first-order valence-corrected chi connectivity index (χ1v) is 9.62. The molecule has 1 amide bonds. The Morgan fingerprint density at radius 2 is 2.00 bits per heavy atom. The van der Waals surface area contributed by atoms with Crippen LogP contribution in [-0.4, -0.2) is 57.5 Å². The Kier molecular flexibility index (Phi) is 5.08. The molecule has 25 heavy (non-hydrogen) atoms. The Balaban J connectivity index is 1.73. The van der Waals surface area contributed by atoms with Crippen LogP contribution in [0.3, 0.4) is 0 Å². The molecule has 0 aromatic heterocycles. The Labute approximate surface area is 145 Å². The van der Waals surface area contributed by atoms with Gasteiger partial charge >= 0.3 is 0 Å². The van der Waals surface area contributed by atoms with Crippen LogP contribution in [0.1, 0.15) is 29.6 Å². The van der Waals surface area contributed by atoms with E-state index in [1.807, 2.05) is 0 Å². The van der Waals surface area contributed by atoms with Gasteiger partial charge in [-0.25, -0.2) is 21.9 Å². The predicted octanol–water partition coefficient (Wildman–Crippen LogP) is 1.63. The van der Waals surface area contributed by atoms with E-state index < -0.39 is 21.9 Å². The minimum absolute atomic E-state index is 0.0208.